The van der Waals surface area contributed by atoms with Crippen LogP contribution in [0, 0.1) is 5.92 Å². The van der Waals surface area contributed by atoms with E-state index < -0.39 is 5.92 Å². The summed E-state index contributed by atoms with van der Waals surface area (Å²) < 4.78 is 25.4. The predicted molar refractivity (Wildman–Crippen MR) is 45.4 cm³/mol. The third-order valence-electron chi connectivity index (χ3n) is 2.64. The standard InChI is InChI=1S/C9H17F2N/c1-12-7-4-8-2-5-9(10,11)6-3-8/h8,12H,2-7H2,1H3. The molecule has 0 bridgehead atoms. The van der Waals surface area contributed by atoms with Gasteiger partial charge in [0.1, 0.15) is 0 Å². The smallest absolute Gasteiger partial charge is 0.248 e. The van der Waals surface area contributed by atoms with Gasteiger partial charge in [0.2, 0.25) is 5.92 Å². The number of alkyl halides is 2. The van der Waals surface area contributed by atoms with Gasteiger partial charge < -0.3 is 5.32 Å². The minimum Gasteiger partial charge on any atom is -0.320 e. The molecule has 72 valence electrons. The summed E-state index contributed by atoms with van der Waals surface area (Å²) in [6, 6.07) is 0. The molecule has 1 nitrogen and oxygen atoms in total. The van der Waals surface area contributed by atoms with Crippen LogP contribution < -0.4 is 5.32 Å². The van der Waals surface area contributed by atoms with Crippen molar-refractivity contribution in [3.05, 3.63) is 0 Å². The maximum Gasteiger partial charge on any atom is 0.248 e. The summed E-state index contributed by atoms with van der Waals surface area (Å²) >= 11 is 0. The first kappa shape index (κ1) is 9.90. The van der Waals surface area contributed by atoms with Crippen LogP contribution in [0.15, 0.2) is 0 Å². The summed E-state index contributed by atoms with van der Waals surface area (Å²) in [5.41, 5.74) is 0. The van der Waals surface area contributed by atoms with Crippen molar-refractivity contribution >= 4 is 0 Å². The molecular formula is C9H17F2N. The number of rotatable bonds is 3. The molecule has 0 spiro atoms. The Hall–Kier alpha value is -0.180. The van der Waals surface area contributed by atoms with E-state index >= 15 is 0 Å². The van der Waals surface area contributed by atoms with Gasteiger partial charge in [-0.3, -0.25) is 0 Å². The van der Waals surface area contributed by atoms with Crippen molar-refractivity contribution < 1.29 is 8.78 Å². The maximum atomic E-state index is 12.7. The third-order valence-corrected chi connectivity index (χ3v) is 2.64. The van der Waals surface area contributed by atoms with Gasteiger partial charge in [-0.2, -0.15) is 0 Å². The van der Waals surface area contributed by atoms with Crippen LogP contribution in [-0.2, 0) is 0 Å². The van der Waals surface area contributed by atoms with Gasteiger partial charge in [-0.15, -0.1) is 0 Å². The summed E-state index contributed by atoms with van der Waals surface area (Å²) in [5, 5.41) is 3.05. The van der Waals surface area contributed by atoms with E-state index in [1.54, 1.807) is 0 Å². The fourth-order valence-corrected chi connectivity index (χ4v) is 1.74. The molecular weight excluding hydrogens is 160 g/mol. The molecule has 0 unspecified atom stereocenters. The third kappa shape index (κ3) is 3.05. The van der Waals surface area contributed by atoms with Crippen LogP contribution in [0.5, 0.6) is 0 Å². The second kappa shape index (κ2) is 4.17. The molecule has 1 N–H and O–H groups in total. The zero-order valence-electron chi connectivity index (χ0n) is 7.58. The highest BCUT2D eigenvalue weighted by atomic mass is 19.3. The molecule has 0 aromatic rings. The lowest BCUT2D eigenvalue weighted by Gasteiger charge is -2.28. The van der Waals surface area contributed by atoms with Crippen molar-refractivity contribution in [1.82, 2.24) is 5.32 Å². The maximum absolute atomic E-state index is 12.7. The van der Waals surface area contributed by atoms with E-state index in [1.165, 1.54) is 0 Å². The van der Waals surface area contributed by atoms with E-state index in [9.17, 15) is 8.78 Å². The number of nitrogens with one attached hydrogen (secondary N) is 1. The lowest BCUT2D eigenvalue weighted by atomic mass is 9.85. The van der Waals surface area contributed by atoms with E-state index in [4.69, 9.17) is 0 Å². The van der Waals surface area contributed by atoms with Crippen LogP contribution in [-0.4, -0.2) is 19.5 Å². The molecule has 1 aliphatic rings. The van der Waals surface area contributed by atoms with Gasteiger partial charge in [0, 0.05) is 12.8 Å². The Balaban J connectivity index is 2.18. The van der Waals surface area contributed by atoms with E-state index in [0.29, 0.717) is 18.8 Å². The van der Waals surface area contributed by atoms with Gasteiger partial charge in [-0.1, -0.05) is 0 Å². The minimum atomic E-state index is -2.36. The normalized spacial score (nSPS) is 24.2. The molecule has 0 aromatic heterocycles. The monoisotopic (exact) mass is 177 g/mol. The first-order valence-electron chi connectivity index (χ1n) is 4.66. The highest BCUT2D eigenvalue weighted by molar-refractivity contribution is 4.77. The largest absolute Gasteiger partial charge is 0.320 e. The van der Waals surface area contributed by atoms with Crippen LogP contribution in [0.2, 0.25) is 0 Å². The van der Waals surface area contributed by atoms with Crippen molar-refractivity contribution in [1.29, 1.82) is 0 Å². The molecule has 0 radical (unpaired) electrons. The molecule has 1 rings (SSSR count). The molecule has 1 saturated carbocycles. The second-order valence-electron chi connectivity index (χ2n) is 3.69. The van der Waals surface area contributed by atoms with Crippen molar-refractivity contribution in [2.24, 2.45) is 5.92 Å². The SMILES string of the molecule is CNCCC1CCC(F)(F)CC1. The Bertz CT molecular complexity index is 126. The molecule has 0 heterocycles. The highest BCUT2D eigenvalue weighted by Gasteiger charge is 2.34. The van der Waals surface area contributed by atoms with E-state index in [1.807, 2.05) is 7.05 Å². The van der Waals surface area contributed by atoms with Gasteiger partial charge >= 0.3 is 0 Å². The Morgan fingerprint density at radius 3 is 2.42 bits per heavy atom. The molecule has 0 atom stereocenters. The van der Waals surface area contributed by atoms with Crippen LogP contribution in [0.25, 0.3) is 0 Å². The minimum absolute atomic E-state index is 0.0986. The van der Waals surface area contributed by atoms with Crippen LogP contribution in [0.3, 0.4) is 0 Å². The average molecular weight is 177 g/mol. The van der Waals surface area contributed by atoms with Gasteiger partial charge in [-0.25, -0.2) is 8.78 Å². The molecule has 1 aliphatic carbocycles. The van der Waals surface area contributed by atoms with Gasteiger partial charge in [0.15, 0.2) is 0 Å². The first-order valence-corrected chi connectivity index (χ1v) is 4.66. The van der Waals surface area contributed by atoms with Crippen molar-refractivity contribution in [2.45, 2.75) is 38.0 Å². The van der Waals surface area contributed by atoms with E-state index in [-0.39, 0.29) is 12.8 Å². The molecule has 0 aliphatic heterocycles. The summed E-state index contributed by atoms with van der Waals surface area (Å²) in [5.74, 6) is -1.84. The summed E-state index contributed by atoms with van der Waals surface area (Å²) in [7, 11) is 1.90. The summed E-state index contributed by atoms with van der Waals surface area (Å²) in [6.07, 6.45) is 2.65. The zero-order chi connectivity index (χ0) is 9.03. The topological polar surface area (TPSA) is 12.0 Å². The van der Waals surface area contributed by atoms with Crippen molar-refractivity contribution in [3.63, 3.8) is 0 Å². The fourth-order valence-electron chi connectivity index (χ4n) is 1.74. The van der Waals surface area contributed by atoms with Crippen molar-refractivity contribution in [3.8, 4) is 0 Å². The molecule has 0 amide bonds. The summed E-state index contributed by atoms with van der Waals surface area (Å²) in [4.78, 5) is 0. The molecule has 3 heteroatoms. The Morgan fingerprint density at radius 1 is 1.33 bits per heavy atom. The van der Waals surface area contributed by atoms with Crippen molar-refractivity contribution in [2.75, 3.05) is 13.6 Å². The van der Waals surface area contributed by atoms with Crippen LogP contribution >= 0.6 is 0 Å². The Kier molecular flexibility index (Phi) is 3.44. The molecule has 1 fully saturated rings. The highest BCUT2D eigenvalue weighted by Crippen LogP contribution is 2.37. The van der Waals surface area contributed by atoms with Gasteiger partial charge in [0.05, 0.1) is 0 Å². The zero-order valence-corrected chi connectivity index (χ0v) is 7.58. The van der Waals surface area contributed by atoms with Gasteiger partial charge in [0.25, 0.3) is 0 Å². The number of hydrogen-bond acceptors (Lipinski definition) is 1. The molecule has 0 saturated heterocycles. The molecule has 12 heavy (non-hydrogen) atoms. The molecule has 0 aromatic carbocycles. The average Bonchev–Trinajstić information content (AvgIpc) is 2.03. The van der Waals surface area contributed by atoms with Gasteiger partial charge in [-0.05, 0) is 38.8 Å². The quantitative estimate of drug-likeness (QED) is 0.698. The van der Waals surface area contributed by atoms with Crippen LogP contribution in [0.1, 0.15) is 32.1 Å². The number of halogens is 2. The lowest BCUT2D eigenvalue weighted by molar-refractivity contribution is -0.0463. The predicted octanol–water partition coefficient (Wildman–Crippen LogP) is 2.42. The van der Waals surface area contributed by atoms with E-state index in [0.717, 1.165) is 13.0 Å². The second-order valence-corrected chi connectivity index (χ2v) is 3.69. The fraction of sp³-hybridized carbons (Fsp3) is 1.00. The lowest BCUT2D eigenvalue weighted by Crippen LogP contribution is -2.26. The van der Waals surface area contributed by atoms with E-state index in [2.05, 4.69) is 5.32 Å². The summed E-state index contributed by atoms with van der Waals surface area (Å²) in [6.45, 7) is 0.955. The first-order chi connectivity index (χ1) is 5.64. The number of hydrogen-bond donors (Lipinski definition) is 1. The Labute approximate surface area is 72.5 Å². The van der Waals surface area contributed by atoms with Crippen LogP contribution in [0.4, 0.5) is 8.78 Å². The Morgan fingerprint density at radius 2 is 1.92 bits per heavy atom.